The summed E-state index contributed by atoms with van der Waals surface area (Å²) in [5.41, 5.74) is 2.15. The van der Waals surface area contributed by atoms with Crippen LogP contribution in [0, 0.1) is 0 Å². The van der Waals surface area contributed by atoms with Crippen LogP contribution in [0.1, 0.15) is 12.0 Å². The molecule has 1 saturated heterocycles. The van der Waals surface area contributed by atoms with E-state index in [0.717, 1.165) is 16.3 Å². The van der Waals surface area contributed by atoms with Gasteiger partial charge in [-0.15, -0.1) is 0 Å². The molecule has 0 unspecified atom stereocenters. The van der Waals surface area contributed by atoms with Crippen molar-refractivity contribution in [2.24, 2.45) is 0 Å². The van der Waals surface area contributed by atoms with Crippen molar-refractivity contribution < 1.29 is 13.2 Å². The topological polar surface area (TPSA) is 66.5 Å². The Morgan fingerprint density at radius 3 is 2.59 bits per heavy atom. The van der Waals surface area contributed by atoms with E-state index >= 15 is 0 Å². The fraction of sp³-hybridized carbons (Fsp3) is 0.190. The van der Waals surface area contributed by atoms with Crippen LogP contribution in [-0.4, -0.2) is 26.6 Å². The number of nitrogens with one attached hydrogen (secondary N) is 1. The lowest BCUT2D eigenvalue weighted by Crippen LogP contribution is -2.25. The van der Waals surface area contributed by atoms with E-state index in [1.54, 1.807) is 24.3 Å². The van der Waals surface area contributed by atoms with Crippen molar-refractivity contribution in [2.75, 3.05) is 21.9 Å². The molecule has 138 valence electrons. The van der Waals surface area contributed by atoms with Gasteiger partial charge in [-0.05, 0) is 41.0 Å². The van der Waals surface area contributed by atoms with Crippen molar-refractivity contribution in [1.29, 1.82) is 0 Å². The normalized spacial score (nSPS) is 15.8. The highest BCUT2D eigenvalue weighted by Gasteiger charge is 2.28. The average Bonchev–Trinajstić information content (AvgIpc) is 3.01. The summed E-state index contributed by atoms with van der Waals surface area (Å²) in [7, 11) is -3.24. The van der Waals surface area contributed by atoms with Gasteiger partial charge in [0.2, 0.25) is 15.9 Å². The Morgan fingerprint density at radius 2 is 1.78 bits per heavy atom. The summed E-state index contributed by atoms with van der Waals surface area (Å²) >= 11 is 0. The van der Waals surface area contributed by atoms with Crippen molar-refractivity contribution in [2.45, 2.75) is 12.8 Å². The number of nitrogens with zero attached hydrogens (tertiary/aromatic N) is 1. The molecule has 5 nitrogen and oxygen atoms in total. The Bertz CT molecular complexity index is 1100. The predicted molar refractivity (Wildman–Crippen MR) is 108 cm³/mol. The SMILES string of the molecule is O=C(Cc1cccc2ccccc12)Nc1cccc(N2CCCS2(=O)=O)c1. The van der Waals surface area contributed by atoms with Crippen molar-refractivity contribution in [3.63, 3.8) is 0 Å². The van der Waals surface area contributed by atoms with Gasteiger partial charge in [-0.25, -0.2) is 8.42 Å². The van der Waals surface area contributed by atoms with Crippen LogP contribution in [0.4, 0.5) is 11.4 Å². The molecule has 0 spiro atoms. The number of fused-ring (bicyclic) bond motifs is 1. The molecule has 0 atom stereocenters. The van der Waals surface area contributed by atoms with Crippen molar-refractivity contribution in [3.05, 3.63) is 72.3 Å². The van der Waals surface area contributed by atoms with Gasteiger partial charge in [0.25, 0.3) is 0 Å². The number of anilines is 2. The molecule has 0 saturated carbocycles. The van der Waals surface area contributed by atoms with E-state index in [-0.39, 0.29) is 18.1 Å². The number of carbonyl (C=O) groups is 1. The number of hydrogen-bond acceptors (Lipinski definition) is 3. The monoisotopic (exact) mass is 380 g/mol. The van der Waals surface area contributed by atoms with E-state index in [1.165, 1.54) is 4.31 Å². The Hall–Kier alpha value is -2.86. The van der Waals surface area contributed by atoms with Gasteiger partial charge < -0.3 is 5.32 Å². The maximum atomic E-state index is 12.5. The smallest absolute Gasteiger partial charge is 0.235 e. The minimum atomic E-state index is -3.24. The number of sulfonamides is 1. The number of amides is 1. The molecule has 1 fully saturated rings. The summed E-state index contributed by atoms with van der Waals surface area (Å²) < 4.78 is 25.6. The molecule has 6 heteroatoms. The maximum absolute atomic E-state index is 12.5. The van der Waals surface area contributed by atoms with Crippen LogP contribution in [0.5, 0.6) is 0 Å². The van der Waals surface area contributed by atoms with Crippen LogP contribution in [0.3, 0.4) is 0 Å². The van der Waals surface area contributed by atoms with Gasteiger partial charge in [0.15, 0.2) is 0 Å². The largest absolute Gasteiger partial charge is 0.326 e. The Balaban J connectivity index is 1.52. The molecule has 1 amide bonds. The molecule has 0 aliphatic carbocycles. The second-order valence-electron chi connectivity index (χ2n) is 6.66. The molecule has 1 aliphatic rings. The third-order valence-electron chi connectivity index (χ3n) is 4.75. The summed E-state index contributed by atoms with van der Waals surface area (Å²) in [5.74, 6) is 0.0396. The Morgan fingerprint density at radius 1 is 1.00 bits per heavy atom. The lowest BCUT2D eigenvalue weighted by molar-refractivity contribution is -0.115. The standard InChI is InChI=1S/C21H20N2O3S/c24-21(14-17-8-3-7-16-6-1-2-11-20(16)17)22-18-9-4-10-19(15-18)23-12-5-13-27(23,25)26/h1-4,6-11,15H,5,12-14H2,(H,22,24). The van der Waals surface area contributed by atoms with Crippen LogP contribution < -0.4 is 9.62 Å². The molecule has 1 heterocycles. The molecule has 1 N–H and O–H groups in total. The lowest BCUT2D eigenvalue weighted by Gasteiger charge is -2.18. The molecule has 1 aliphatic heterocycles. The highest BCUT2D eigenvalue weighted by Crippen LogP contribution is 2.26. The van der Waals surface area contributed by atoms with E-state index in [0.29, 0.717) is 24.3 Å². The Labute approximate surface area is 158 Å². The van der Waals surface area contributed by atoms with E-state index in [2.05, 4.69) is 5.32 Å². The summed E-state index contributed by atoms with van der Waals surface area (Å²) in [6.45, 7) is 0.482. The fourth-order valence-electron chi connectivity index (χ4n) is 3.49. The van der Waals surface area contributed by atoms with Gasteiger partial charge >= 0.3 is 0 Å². The zero-order chi connectivity index (χ0) is 18.9. The molecule has 0 bridgehead atoms. The second-order valence-corrected chi connectivity index (χ2v) is 8.67. The molecule has 3 aromatic carbocycles. The summed E-state index contributed by atoms with van der Waals surface area (Å²) in [4.78, 5) is 12.5. The van der Waals surface area contributed by atoms with Crippen LogP contribution in [0.2, 0.25) is 0 Å². The Kier molecular flexibility index (Phi) is 4.58. The van der Waals surface area contributed by atoms with Gasteiger partial charge in [0.05, 0.1) is 17.9 Å². The third kappa shape index (κ3) is 3.66. The van der Waals surface area contributed by atoms with Crippen LogP contribution >= 0.6 is 0 Å². The lowest BCUT2D eigenvalue weighted by atomic mass is 10.0. The zero-order valence-corrected chi connectivity index (χ0v) is 15.6. The minimum Gasteiger partial charge on any atom is -0.326 e. The highest BCUT2D eigenvalue weighted by molar-refractivity contribution is 7.93. The van der Waals surface area contributed by atoms with Gasteiger partial charge in [-0.1, -0.05) is 48.5 Å². The zero-order valence-electron chi connectivity index (χ0n) is 14.8. The second kappa shape index (κ2) is 7.04. The van der Waals surface area contributed by atoms with Crippen molar-refractivity contribution in [3.8, 4) is 0 Å². The predicted octanol–water partition coefficient (Wildman–Crippen LogP) is 3.56. The molecule has 0 radical (unpaired) electrons. The van der Waals surface area contributed by atoms with Crippen LogP contribution in [0.25, 0.3) is 10.8 Å². The van der Waals surface area contributed by atoms with Crippen LogP contribution in [0.15, 0.2) is 66.7 Å². The molecular formula is C21H20N2O3S. The third-order valence-corrected chi connectivity index (χ3v) is 6.62. The first-order valence-corrected chi connectivity index (χ1v) is 10.5. The van der Waals surface area contributed by atoms with E-state index in [4.69, 9.17) is 0 Å². The molecule has 3 aromatic rings. The maximum Gasteiger partial charge on any atom is 0.235 e. The summed E-state index contributed by atoms with van der Waals surface area (Å²) in [6.07, 6.45) is 0.883. The average molecular weight is 380 g/mol. The summed E-state index contributed by atoms with van der Waals surface area (Å²) in [5, 5.41) is 5.05. The van der Waals surface area contributed by atoms with E-state index < -0.39 is 10.0 Å². The fourth-order valence-corrected chi connectivity index (χ4v) is 5.05. The van der Waals surface area contributed by atoms with E-state index in [9.17, 15) is 13.2 Å². The van der Waals surface area contributed by atoms with E-state index in [1.807, 2.05) is 42.5 Å². The first-order chi connectivity index (χ1) is 13.0. The number of benzene rings is 3. The number of carbonyl (C=O) groups excluding carboxylic acids is 1. The molecule has 27 heavy (non-hydrogen) atoms. The minimum absolute atomic E-state index is 0.132. The van der Waals surface area contributed by atoms with Gasteiger partial charge in [-0.3, -0.25) is 9.10 Å². The number of rotatable bonds is 4. The first-order valence-electron chi connectivity index (χ1n) is 8.90. The quantitative estimate of drug-likeness (QED) is 0.753. The van der Waals surface area contributed by atoms with Gasteiger partial charge in [-0.2, -0.15) is 0 Å². The highest BCUT2D eigenvalue weighted by atomic mass is 32.2. The number of hydrogen-bond donors (Lipinski definition) is 1. The molecular weight excluding hydrogens is 360 g/mol. The molecule has 0 aromatic heterocycles. The summed E-state index contributed by atoms with van der Waals surface area (Å²) in [6, 6.07) is 20.9. The van der Waals surface area contributed by atoms with Crippen molar-refractivity contribution >= 4 is 38.1 Å². The van der Waals surface area contributed by atoms with Gasteiger partial charge in [0.1, 0.15) is 0 Å². The first kappa shape index (κ1) is 17.5. The van der Waals surface area contributed by atoms with Crippen LogP contribution in [-0.2, 0) is 21.2 Å². The van der Waals surface area contributed by atoms with Gasteiger partial charge in [0, 0.05) is 12.2 Å². The molecule has 4 rings (SSSR count). The van der Waals surface area contributed by atoms with Crippen molar-refractivity contribution in [1.82, 2.24) is 0 Å².